The molecule has 0 amide bonds. The van der Waals surface area contributed by atoms with Crippen LogP contribution in [0.25, 0.3) is 0 Å². The number of hydrogen-bond acceptors (Lipinski definition) is 4. The van der Waals surface area contributed by atoms with Gasteiger partial charge in [0.2, 0.25) is 0 Å². The Morgan fingerprint density at radius 3 is 3.00 bits per heavy atom. The molecule has 0 spiro atoms. The minimum atomic E-state index is -0.198. The highest BCUT2D eigenvalue weighted by molar-refractivity contribution is 5.69. The lowest BCUT2D eigenvalue weighted by Crippen LogP contribution is -2.28. The third kappa shape index (κ3) is 4.12. The minimum Gasteiger partial charge on any atom is -0.469 e. The summed E-state index contributed by atoms with van der Waals surface area (Å²) in [6.45, 7) is 2.61. The summed E-state index contributed by atoms with van der Waals surface area (Å²) < 4.78 is 6.33. The molecule has 0 fully saturated rings. The third-order valence-corrected chi connectivity index (χ3v) is 2.10. The molecular formula is C10H17N3O2. The number of aromatic nitrogens is 2. The van der Waals surface area contributed by atoms with Gasteiger partial charge in [0, 0.05) is 25.8 Å². The number of carbonyl (C=O) groups is 1. The molecule has 0 aromatic carbocycles. The molecule has 0 saturated heterocycles. The van der Waals surface area contributed by atoms with Crippen LogP contribution in [-0.4, -0.2) is 28.9 Å². The first-order valence-electron chi connectivity index (χ1n) is 4.90. The van der Waals surface area contributed by atoms with Crippen LogP contribution in [-0.2, 0) is 23.1 Å². The van der Waals surface area contributed by atoms with Crippen LogP contribution in [0.4, 0.5) is 0 Å². The van der Waals surface area contributed by atoms with Crippen LogP contribution in [0.2, 0.25) is 0 Å². The number of nitrogens with one attached hydrogen (secondary N) is 1. The van der Waals surface area contributed by atoms with Gasteiger partial charge in [0.15, 0.2) is 0 Å². The zero-order chi connectivity index (χ0) is 11.3. The van der Waals surface area contributed by atoms with E-state index in [1.165, 1.54) is 7.11 Å². The third-order valence-electron chi connectivity index (χ3n) is 2.10. The summed E-state index contributed by atoms with van der Waals surface area (Å²) in [5, 5.41) is 7.42. The highest BCUT2D eigenvalue weighted by Gasteiger charge is 2.08. The second-order valence-electron chi connectivity index (χ2n) is 3.54. The van der Waals surface area contributed by atoms with Gasteiger partial charge in [-0.05, 0) is 13.0 Å². The molecule has 0 saturated carbocycles. The highest BCUT2D eigenvalue weighted by Crippen LogP contribution is 1.97. The van der Waals surface area contributed by atoms with Gasteiger partial charge >= 0.3 is 5.97 Å². The molecule has 1 aromatic rings. The lowest BCUT2D eigenvalue weighted by molar-refractivity contribution is -0.141. The van der Waals surface area contributed by atoms with Gasteiger partial charge in [-0.3, -0.25) is 9.48 Å². The maximum Gasteiger partial charge on any atom is 0.307 e. The highest BCUT2D eigenvalue weighted by atomic mass is 16.5. The molecule has 1 rings (SSSR count). The topological polar surface area (TPSA) is 56.1 Å². The van der Waals surface area contributed by atoms with Crippen molar-refractivity contribution in [2.24, 2.45) is 7.05 Å². The van der Waals surface area contributed by atoms with E-state index in [9.17, 15) is 4.79 Å². The standard InChI is InChI=1S/C10H17N3O2/c1-8(6-10(14)15-3)11-7-9-4-5-13(2)12-9/h4-5,8,11H,6-7H2,1-3H3. The predicted molar refractivity (Wildman–Crippen MR) is 56.1 cm³/mol. The Kier molecular flexibility index (Phi) is 4.30. The van der Waals surface area contributed by atoms with Crippen molar-refractivity contribution in [3.8, 4) is 0 Å². The van der Waals surface area contributed by atoms with Gasteiger partial charge in [-0.25, -0.2) is 0 Å². The number of carbonyl (C=O) groups excluding carboxylic acids is 1. The molecule has 84 valence electrons. The van der Waals surface area contributed by atoms with Crippen LogP contribution in [0.1, 0.15) is 19.0 Å². The fourth-order valence-electron chi connectivity index (χ4n) is 1.24. The SMILES string of the molecule is COC(=O)CC(C)NCc1ccn(C)n1. The lowest BCUT2D eigenvalue weighted by atomic mass is 10.2. The van der Waals surface area contributed by atoms with Gasteiger partial charge in [0.05, 0.1) is 19.2 Å². The Balaban J connectivity index is 2.28. The van der Waals surface area contributed by atoms with E-state index in [1.54, 1.807) is 4.68 Å². The lowest BCUT2D eigenvalue weighted by Gasteiger charge is -2.10. The second kappa shape index (κ2) is 5.50. The molecule has 1 aromatic heterocycles. The number of ether oxygens (including phenoxy) is 1. The van der Waals surface area contributed by atoms with Gasteiger partial charge in [-0.2, -0.15) is 5.10 Å². The zero-order valence-corrected chi connectivity index (χ0v) is 9.36. The summed E-state index contributed by atoms with van der Waals surface area (Å²) >= 11 is 0. The molecule has 1 atom stereocenters. The van der Waals surface area contributed by atoms with Crippen LogP contribution in [0, 0.1) is 0 Å². The van der Waals surface area contributed by atoms with Gasteiger partial charge in [0.25, 0.3) is 0 Å². The maximum atomic E-state index is 11.0. The molecule has 0 aliphatic heterocycles. The van der Waals surface area contributed by atoms with Crippen molar-refractivity contribution < 1.29 is 9.53 Å². The van der Waals surface area contributed by atoms with Crippen molar-refractivity contribution in [1.29, 1.82) is 0 Å². The first-order chi connectivity index (χ1) is 7.11. The van der Waals surface area contributed by atoms with Crippen molar-refractivity contribution in [2.45, 2.75) is 25.9 Å². The van der Waals surface area contributed by atoms with Crippen LogP contribution < -0.4 is 5.32 Å². The number of esters is 1. The van der Waals surface area contributed by atoms with E-state index in [2.05, 4.69) is 15.2 Å². The quantitative estimate of drug-likeness (QED) is 0.719. The second-order valence-corrected chi connectivity index (χ2v) is 3.54. The van der Waals surface area contributed by atoms with Gasteiger partial charge in [-0.15, -0.1) is 0 Å². The number of nitrogens with zero attached hydrogens (tertiary/aromatic N) is 2. The average molecular weight is 211 g/mol. The summed E-state index contributed by atoms with van der Waals surface area (Å²) in [5.41, 5.74) is 0.967. The number of hydrogen-bond donors (Lipinski definition) is 1. The Labute approximate surface area is 89.4 Å². The Morgan fingerprint density at radius 2 is 2.47 bits per heavy atom. The molecule has 5 heteroatoms. The Morgan fingerprint density at radius 1 is 1.73 bits per heavy atom. The first-order valence-corrected chi connectivity index (χ1v) is 4.90. The monoisotopic (exact) mass is 211 g/mol. The minimum absolute atomic E-state index is 0.0967. The van der Waals surface area contributed by atoms with Crippen molar-refractivity contribution in [2.75, 3.05) is 7.11 Å². The van der Waals surface area contributed by atoms with E-state index < -0.39 is 0 Å². The van der Waals surface area contributed by atoms with Gasteiger partial charge in [-0.1, -0.05) is 0 Å². The molecule has 0 aliphatic rings. The number of rotatable bonds is 5. The molecule has 0 radical (unpaired) electrons. The van der Waals surface area contributed by atoms with Crippen molar-refractivity contribution in [1.82, 2.24) is 15.1 Å². The van der Waals surface area contributed by atoms with Crippen molar-refractivity contribution in [3.05, 3.63) is 18.0 Å². The van der Waals surface area contributed by atoms with E-state index in [0.717, 1.165) is 5.69 Å². The van der Waals surface area contributed by atoms with Crippen LogP contribution >= 0.6 is 0 Å². The summed E-state index contributed by atoms with van der Waals surface area (Å²) in [6.07, 6.45) is 2.27. The van der Waals surface area contributed by atoms with E-state index >= 15 is 0 Å². The molecule has 5 nitrogen and oxygen atoms in total. The van der Waals surface area contributed by atoms with Crippen molar-refractivity contribution in [3.63, 3.8) is 0 Å². The fraction of sp³-hybridized carbons (Fsp3) is 0.600. The summed E-state index contributed by atoms with van der Waals surface area (Å²) in [6, 6.07) is 2.04. The van der Waals surface area contributed by atoms with Crippen LogP contribution in [0.15, 0.2) is 12.3 Å². The van der Waals surface area contributed by atoms with E-state index in [0.29, 0.717) is 13.0 Å². The normalized spacial score (nSPS) is 12.5. The Bertz CT molecular complexity index is 322. The number of methoxy groups -OCH3 is 1. The maximum absolute atomic E-state index is 11.0. The van der Waals surface area contributed by atoms with Gasteiger partial charge in [0.1, 0.15) is 0 Å². The van der Waals surface area contributed by atoms with Crippen molar-refractivity contribution >= 4 is 5.97 Å². The molecule has 1 N–H and O–H groups in total. The largest absolute Gasteiger partial charge is 0.469 e. The van der Waals surface area contributed by atoms with E-state index in [4.69, 9.17) is 0 Å². The van der Waals surface area contributed by atoms with Crippen LogP contribution in [0.5, 0.6) is 0 Å². The molecular weight excluding hydrogens is 194 g/mol. The zero-order valence-electron chi connectivity index (χ0n) is 9.36. The summed E-state index contributed by atoms with van der Waals surface area (Å²) in [7, 11) is 3.27. The van der Waals surface area contributed by atoms with Crippen LogP contribution in [0.3, 0.4) is 0 Å². The smallest absolute Gasteiger partial charge is 0.307 e. The Hall–Kier alpha value is -1.36. The van der Waals surface area contributed by atoms with E-state index in [-0.39, 0.29) is 12.0 Å². The number of aryl methyl sites for hydroxylation is 1. The van der Waals surface area contributed by atoms with E-state index in [1.807, 2.05) is 26.2 Å². The molecule has 0 aliphatic carbocycles. The predicted octanol–water partition coefficient (Wildman–Crippen LogP) is 0.461. The molecule has 15 heavy (non-hydrogen) atoms. The summed E-state index contributed by atoms with van der Waals surface area (Å²) in [4.78, 5) is 11.0. The fourth-order valence-corrected chi connectivity index (χ4v) is 1.24. The molecule has 0 bridgehead atoms. The average Bonchev–Trinajstić information content (AvgIpc) is 2.61. The summed E-state index contributed by atoms with van der Waals surface area (Å²) in [5.74, 6) is -0.198. The molecule has 1 unspecified atom stereocenters. The molecule has 1 heterocycles. The first kappa shape index (κ1) is 11.7. The van der Waals surface area contributed by atoms with Gasteiger partial charge < -0.3 is 10.1 Å².